The summed E-state index contributed by atoms with van der Waals surface area (Å²) in [6.07, 6.45) is 3.81. The number of amides is 1. The molecular formula is C24H32N2O4. The molecule has 30 heavy (non-hydrogen) atoms. The molecule has 1 aromatic heterocycles. The first-order chi connectivity index (χ1) is 14.3. The Balaban J connectivity index is 1.40. The van der Waals surface area contributed by atoms with Gasteiger partial charge in [-0.1, -0.05) is 29.4 Å². The Morgan fingerprint density at radius 3 is 2.50 bits per heavy atom. The van der Waals surface area contributed by atoms with Crippen LogP contribution in [0.2, 0.25) is 0 Å². The first kappa shape index (κ1) is 20.9. The minimum atomic E-state index is -0.468. The molecule has 2 fully saturated rings. The van der Waals surface area contributed by atoms with E-state index < -0.39 is 5.60 Å². The first-order valence-electron chi connectivity index (χ1n) is 11.0. The Hall–Kier alpha value is -2.34. The third-order valence-corrected chi connectivity index (χ3v) is 5.72. The molecular weight excluding hydrogens is 380 g/mol. The molecule has 1 aliphatic carbocycles. The molecule has 0 spiro atoms. The lowest BCUT2D eigenvalue weighted by Crippen LogP contribution is -2.43. The normalized spacial score (nSPS) is 17.9. The van der Waals surface area contributed by atoms with Crippen LogP contribution >= 0.6 is 0 Å². The number of carbonyl (C=O) groups is 1. The summed E-state index contributed by atoms with van der Waals surface area (Å²) in [7, 11) is 0. The van der Waals surface area contributed by atoms with Gasteiger partial charge in [0.1, 0.15) is 17.1 Å². The fourth-order valence-electron chi connectivity index (χ4n) is 3.91. The van der Waals surface area contributed by atoms with Crippen molar-refractivity contribution in [2.24, 2.45) is 0 Å². The van der Waals surface area contributed by atoms with Gasteiger partial charge in [-0.2, -0.15) is 0 Å². The summed E-state index contributed by atoms with van der Waals surface area (Å²) in [5.74, 6) is 1.46. The third kappa shape index (κ3) is 4.86. The van der Waals surface area contributed by atoms with Gasteiger partial charge < -0.3 is 18.9 Å². The molecule has 0 unspecified atom stereocenters. The molecule has 1 saturated carbocycles. The van der Waals surface area contributed by atoms with Crippen molar-refractivity contribution in [3.8, 4) is 11.3 Å². The Labute approximate surface area is 178 Å². The van der Waals surface area contributed by atoms with Gasteiger partial charge >= 0.3 is 6.09 Å². The van der Waals surface area contributed by atoms with E-state index in [0.717, 1.165) is 48.3 Å². The maximum Gasteiger partial charge on any atom is 0.410 e. The molecule has 1 saturated heterocycles. The Bertz CT molecular complexity index is 887. The SMILES string of the molecule is Cc1ccccc1-c1noc(C2CC2)c1COC1CCN(C(=O)OC(C)(C)C)CC1. The second kappa shape index (κ2) is 8.42. The van der Waals surface area contributed by atoms with Gasteiger partial charge in [0.25, 0.3) is 0 Å². The van der Waals surface area contributed by atoms with Crippen molar-refractivity contribution in [2.75, 3.05) is 13.1 Å². The van der Waals surface area contributed by atoms with Crippen LogP contribution in [0.15, 0.2) is 28.8 Å². The number of hydrogen-bond donors (Lipinski definition) is 0. The molecule has 6 nitrogen and oxygen atoms in total. The molecule has 6 heteroatoms. The number of nitrogens with zero attached hydrogens (tertiary/aromatic N) is 2. The zero-order valence-corrected chi connectivity index (χ0v) is 18.4. The van der Waals surface area contributed by atoms with Crippen LogP contribution in [0.3, 0.4) is 0 Å². The third-order valence-electron chi connectivity index (χ3n) is 5.72. The van der Waals surface area contributed by atoms with Gasteiger partial charge in [0.2, 0.25) is 0 Å². The standard InChI is InChI=1S/C24H32N2O4/c1-16-7-5-6-8-19(16)21-20(22(30-25-21)17-9-10-17)15-28-18-11-13-26(14-12-18)23(27)29-24(2,3)4/h5-8,17-18H,9-15H2,1-4H3. The molecule has 1 aromatic carbocycles. The minimum absolute atomic E-state index is 0.121. The fourth-order valence-corrected chi connectivity index (χ4v) is 3.91. The predicted molar refractivity (Wildman–Crippen MR) is 114 cm³/mol. The largest absolute Gasteiger partial charge is 0.444 e. The molecule has 0 N–H and O–H groups in total. The van der Waals surface area contributed by atoms with Crippen molar-refractivity contribution in [3.63, 3.8) is 0 Å². The minimum Gasteiger partial charge on any atom is -0.444 e. The quantitative estimate of drug-likeness (QED) is 0.654. The number of piperidine rings is 1. The van der Waals surface area contributed by atoms with Crippen molar-refractivity contribution >= 4 is 6.09 Å². The number of aromatic nitrogens is 1. The van der Waals surface area contributed by atoms with E-state index in [1.165, 1.54) is 5.56 Å². The summed E-state index contributed by atoms with van der Waals surface area (Å²) in [6.45, 7) is 9.58. The summed E-state index contributed by atoms with van der Waals surface area (Å²) >= 11 is 0. The van der Waals surface area contributed by atoms with E-state index in [1.807, 2.05) is 32.9 Å². The molecule has 2 aromatic rings. The van der Waals surface area contributed by atoms with Crippen LogP contribution < -0.4 is 0 Å². The molecule has 2 heterocycles. The molecule has 1 amide bonds. The van der Waals surface area contributed by atoms with Gasteiger partial charge in [-0.05, 0) is 58.9 Å². The summed E-state index contributed by atoms with van der Waals surface area (Å²) in [6, 6.07) is 8.25. The molecule has 0 radical (unpaired) electrons. The maximum atomic E-state index is 12.3. The second-order valence-corrected chi connectivity index (χ2v) is 9.44. The molecule has 4 rings (SSSR count). The van der Waals surface area contributed by atoms with Crippen LogP contribution in [0, 0.1) is 6.92 Å². The van der Waals surface area contributed by atoms with E-state index in [2.05, 4.69) is 24.2 Å². The molecule has 2 aliphatic rings. The van der Waals surface area contributed by atoms with Crippen molar-refractivity contribution < 1.29 is 18.8 Å². The molecule has 0 atom stereocenters. The lowest BCUT2D eigenvalue weighted by Gasteiger charge is -2.33. The number of benzene rings is 1. The molecule has 162 valence electrons. The Morgan fingerprint density at radius 2 is 1.87 bits per heavy atom. The Morgan fingerprint density at radius 1 is 1.17 bits per heavy atom. The van der Waals surface area contributed by atoms with Crippen LogP contribution in [-0.4, -0.2) is 40.9 Å². The summed E-state index contributed by atoms with van der Waals surface area (Å²) in [4.78, 5) is 14.0. The number of hydrogen-bond acceptors (Lipinski definition) is 5. The van der Waals surface area contributed by atoms with Gasteiger partial charge in [-0.3, -0.25) is 0 Å². The van der Waals surface area contributed by atoms with Crippen molar-refractivity contribution in [2.45, 2.75) is 77.6 Å². The average molecular weight is 413 g/mol. The van der Waals surface area contributed by atoms with E-state index in [4.69, 9.17) is 14.0 Å². The topological polar surface area (TPSA) is 64.8 Å². The first-order valence-corrected chi connectivity index (χ1v) is 11.0. The lowest BCUT2D eigenvalue weighted by molar-refractivity contribution is -0.0172. The number of carbonyl (C=O) groups excluding carboxylic acids is 1. The highest BCUT2D eigenvalue weighted by Crippen LogP contribution is 2.44. The van der Waals surface area contributed by atoms with Gasteiger partial charge in [0.15, 0.2) is 0 Å². The van der Waals surface area contributed by atoms with Gasteiger partial charge in [0, 0.05) is 30.1 Å². The Kier molecular flexibility index (Phi) is 5.87. The van der Waals surface area contributed by atoms with Crippen molar-refractivity contribution in [1.82, 2.24) is 10.1 Å². The van der Waals surface area contributed by atoms with Crippen molar-refractivity contribution in [1.29, 1.82) is 0 Å². The summed E-state index contributed by atoms with van der Waals surface area (Å²) in [5.41, 5.74) is 3.80. The van der Waals surface area contributed by atoms with E-state index in [9.17, 15) is 4.79 Å². The van der Waals surface area contributed by atoms with Gasteiger partial charge in [-0.25, -0.2) is 4.79 Å². The zero-order chi connectivity index (χ0) is 21.3. The highest BCUT2D eigenvalue weighted by molar-refractivity contribution is 5.68. The number of rotatable bonds is 5. The van der Waals surface area contributed by atoms with Crippen LogP contribution in [0.5, 0.6) is 0 Å². The average Bonchev–Trinajstić information content (AvgIpc) is 3.46. The molecule has 1 aliphatic heterocycles. The van der Waals surface area contributed by atoms with Crippen LogP contribution in [-0.2, 0) is 16.1 Å². The number of aryl methyl sites for hydroxylation is 1. The molecule has 0 bridgehead atoms. The predicted octanol–water partition coefficient (Wildman–Crippen LogP) is 5.44. The van der Waals surface area contributed by atoms with Crippen LogP contribution in [0.25, 0.3) is 11.3 Å². The summed E-state index contributed by atoms with van der Waals surface area (Å²) in [5, 5.41) is 4.42. The van der Waals surface area contributed by atoms with Crippen LogP contribution in [0.1, 0.15) is 69.3 Å². The lowest BCUT2D eigenvalue weighted by atomic mass is 10.0. The van der Waals surface area contributed by atoms with Gasteiger partial charge in [0.05, 0.1) is 12.7 Å². The maximum absolute atomic E-state index is 12.3. The van der Waals surface area contributed by atoms with E-state index in [1.54, 1.807) is 4.90 Å². The van der Waals surface area contributed by atoms with E-state index >= 15 is 0 Å². The monoisotopic (exact) mass is 412 g/mol. The summed E-state index contributed by atoms with van der Waals surface area (Å²) < 4.78 is 17.5. The van der Waals surface area contributed by atoms with Gasteiger partial charge in [-0.15, -0.1) is 0 Å². The highest BCUT2D eigenvalue weighted by atomic mass is 16.6. The second-order valence-electron chi connectivity index (χ2n) is 9.44. The zero-order valence-electron chi connectivity index (χ0n) is 18.4. The number of ether oxygens (including phenoxy) is 2. The van der Waals surface area contributed by atoms with E-state index in [0.29, 0.717) is 25.6 Å². The number of likely N-dealkylation sites (tertiary alicyclic amines) is 1. The smallest absolute Gasteiger partial charge is 0.410 e. The van der Waals surface area contributed by atoms with Crippen molar-refractivity contribution in [3.05, 3.63) is 41.2 Å². The highest BCUT2D eigenvalue weighted by Gasteiger charge is 2.34. The fraction of sp³-hybridized carbons (Fsp3) is 0.583. The van der Waals surface area contributed by atoms with Crippen LogP contribution in [0.4, 0.5) is 4.79 Å². The van der Waals surface area contributed by atoms with E-state index in [-0.39, 0.29) is 12.2 Å².